The molecule has 7 heteroatoms. The van der Waals surface area contributed by atoms with Gasteiger partial charge in [0.2, 0.25) is 0 Å². The fourth-order valence-corrected chi connectivity index (χ4v) is 4.92. The normalized spacial score (nSPS) is 24.3. The van der Waals surface area contributed by atoms with Crippen molar-refractivity contribution in [1.82, 2.24) is 15.2 Å². The number of aryl methyl sites for hydroxylation is 2. The molecule has 3 N–H and O–H groups in total. The molecule has 2 rings (SSSR count). The van der Waals surface area contributed by atoms with E-state index >= 15 is 0 Å². The summed E-state index contributed by atoms with van der Waals surface area (Å²) in [4.78, 5) is 0. The minimum absolute atomic E-state index is 0.250. The summed E-state index contributed by atoms with van der Waals surface area (Å²) in [6.45, 7) is 1.92. The highest BCUT2D eigenvalue weighted by Crippen LogP contribution is 2.24. The summed E-state index contributed by atoms with van der Waals surface area (Å²) in [6.07, 6.45) is 2.99. The van der Waals surface area contributed by atoms with E-state index in [1.807, 2.05) is 20.0 Å². The molecule has 1 aliphatic rings. The molecule has 6 nitrogen and oxygen atoms in total. The Morgan fingerprint density at radius 2 is 2.32 bits per heavy atom. The van der Waals surface area contributed by atoms with Crippen LogP contribution in [-0.2, 0) is 23.3 Å². The van der Waals surface area contributed by atoms with Crippen LogP contribution in [0.25, 0.3) is 0 Å². The molecule has 1 aromatic rings. The topological polar surface area (TPSA) is 90.0 Å². The smallest absolute Gasteiger partial charge is 0.154 e. The van der Waals surface area contributed by atoms with Crippen molar-refractivity contribution >= 4 is 9.84 Å². The molecule has 2 atom stereocenters. The highest BCUT2D eigenvalue weighted by Gasteiger charge is 2.35. The first kappa shape index (κ1) is 14.5. The monoisotopic (exact) mass is 286 g/mol. The lowest BCUT2D eigenvalue weighted by molar-refractivity contribution is 0.433. The minimum atomic E-state index is -3.03. The molecule has 0 aliphatic carbocycles. The lowest BCUT2D eigenvalue weighted by Gasteiger charge is -2.29. The molecule has 1 fully saturated rings. The predicted molar refractivity (Wildman–Crippen MR) is 74.2 cm³/mol. The molecule has 0 saturated carbocycles. The highest BCUT2D eigenvalue weighted by molar-refractivity contribution is 7.92. The van der Waals surface area contributed by atoms with Crippen LogP contribution in [0.15, 0.2) is 6.07 Å². The van der Waals surface area contributed by atoms with Gasteiger partial charge in [-0.15, -0.1) is 0 Å². The van der Waals surface area contributed by atoms with E-state index in [4.69, 9.17) is 5.84 Å². The Kier molecular flexibility index (Phi) is 4.27. The Hall–Kier alpha value is -0.920. The molecule has 0 spiro atoms. The van der Waals surface area contributed by atoms with Gasteiger partial charge in [0.05, 0.1) is 16.7 Å². The Morgan fingerprint density at radius 1 is 1.58 bits per heavy atom. The number of hydrazine groups is 1. The van der Waals surface area contributed by atoms with Crippen molar-refractivity contribution in [2.24, 2.45) is 12.9 Å². The second-order valence-corrected chi connectivity index (χ2v) is 7.62. The van der Waals surface area contributed by atoms with Gasteiger partial charge in [0.1, 0.15) is 0 Å². The first-order valence-electron chi connectivity index (χ1n) is 6.61. The average Bonchev–Trinajstić information content (AvgIpc) is 2.65. The molecule has 0 bridgehead atoms. The van der Waals surface area contributed by atoms with E-state index in [-0.39, 0.29) is 17.0 Å². The van der Waals surface area contributed by atoms with Gasteiger partial charge in [-0.3, -0.25) is 16.0 Å². The largest absolute Gasteiger partial charge is 0.272 e. The van der Waals surface area contributed by atoms with Crippen molar-refractivity contribution in [2.45, 2.75) is 43.9 Å². The van der Waals surface area contributed by atoms with Gasteiger partial charge >= 0.3 is 0 Å². The molecule has 2 heterocycles. The fourth-order valence-electron chi connectivity index (χ4n) is 2.81. The maximum atomic E-state index is 12.1. The van der Waals surface area contributed by atoms with E-state index in [1.165, 1.54) is 0 Å². The predicted octanol–water partition coefficient (Wildman–Crippen LogP) is 0.0702. The van der Waals surface area contributed by atoms with Crippen LogP contribution in [0.4, 0.5) is 0 Å². The fraction of sp³-hybridized carbons (Fsp3) is 0.750. The zero-order chi connectivity index (χ0) is 14.0. The van der Waals surface area contributed by atoms with Crippen molar-refractivity contribution in [3.8, 4) is 0 Å². The van der Waals surface area contributed by atoms with Crippen LogP contribution in [0.3, 0.4) is 0 Å². The highest BCUT2D eigenvalue weighted by atomic mass is 32.2. The number of nitrogens with zero attached hydrogens (tertiary/aromatic N) is 2. The summed E-state index contributed by atoms with van der Waals surface area (Å²) < 4.78 is 26.1. The summed E-state index contributed by atoms with van der Waals surface area (Å²) >= 11 is 0. The van der Waals surface area contributed by atoms with E-state index < -0.39 is 9.84 Å². The van der Waals surface area contributed by atoms with Gasteiger partial charge in [-0.2, -0.15) is 5.10 Å². The van der Waals surface area contributed by atoms with Gasteiger partial charge in [-0.25, -0.2) is 8.42 Å². The zero-order valence-electron chi connectivity index (χ0n) is 11.5. The van der Waals surface area contributed by atoms with Gasteiger partial charge < -0.3 is 0 Å². The van der Waals surface area contributed by atoms with Crippen molar-refractivity contribution < 1.29 is 8.42 Å². The van der Waals surface area contributed by atoms with E-state index in [0.29, 0.717) is 12.8 Å². The summed E-state index contributed by atoms with van der Waals surface area (Å²) in [6, 6.07) is 1.72. The molecule has 1 saturated heterocycles. The number of nitrogens with two attached hydrogens (primary N) is 1. The molecule has 0 amide bonds. The van der Waals surface area contributed by atoms with Crippen molar-refractivity contribution in [3.63, 3.8) is 0 Å². The van der Waals surface area contributed by atoms with Crippen LogP contribution in [0.1, 0.15) is 30.7 Å². The van der Waals surface area contributed by atoms with Crippen LogP contribution < -0.4 is 11.3 Å². The van der Waals surface area contributed by atoms with Crippen LogP contribution in [0.2, 0.25) is 0 Å². The third-order valence-electron chi connectivity index (χ3n) is 3.82. The lowest BCUT2D eigenvalue weighted by Crippen LogP contribution is -2.50. The van der Waals surface area contributed by atoms with Gasteiger partial charge in [0, 0.05) is 25.2 Å². The number of hydrogen-bond donors (Lipinski definition) is 2. The SMILES string of the molecule is Cc1cc(CC(NN)C2CCCCS2(=O)=O)n(C)n1. The van der Waals surface area contributed by atoms with E-state index in [9.17, 15) is 8.42 Å². The molecule has 1 aromatic heterocycles. The average molecular weight is 286 g/mol. The quantitative estimate of drug-likeness (QED) is 0.604. The Balaban J connectivity index is 2.18. The summed E-state index contributed by atoms with van der Waals surface area (Å²) in [5.74, 6) is 5.86. The molecule has 19 heavy (non-hydrogen) atoms. The molecule has 1 aliphatic heterocycles. The van der Waals surface area contributed by atoms with E-state index in [0.717, 1.165) is 24.2 Å². The summed E-state index contributed by atoms with van der Waals surface area (Å²) in [5, 5.41) is 3.89. The molecule has 0 aromatic carbocycles. The van der Waals surface area contributed by atoms with Crippen LogP contribution in [-0.4, -0.2) is 35.2 Å². The third-order valence-corrected chi connectivity index (χ3v) is 6.16. The van der Waals surface area contributed by atoms with Crippen LogP contribution in [0.5, 0.6) is 0 Å². The Labute approximate surface area is 114 Å². The van der Waals surface area contributed by atoms with Crippen LogP contribution in [0, 0.1) is 6.92 Å². The minimum Gasteiger partial charge on any atom is -0.272 e. The molecular formula is C12H22N4O2S. The Bertz CT molecular complexity index is 538. The third kappa shape index (κ3) is 3.16. The molecule has 108 valence electrons. The van der Waals surface area contributed by atoms with Gasteiger partial charge in [0.15, 0.2) is 9.84 Å². The van der Waals surface area contributed by atoms with Crippen molar-refractivity contribution in [3.05, 3.63) is 17.5 Å². The maximum absolute atomic E-state index is 12.1. The number of nitrogens with one attached hydrogen (secondary N) is 1. The van der Waals surface area contributed by atoms with Crippen molar-refractivity contribution in [1.29, 1.82) is 0 Å². The standard InChI is InChI=1S/C12H22N4O2S/c1-9-7-10(16(2)15-9)8-11(14-13)12-5-3-4-6-19(12,17)18/h7,11-12,14H,3-6,8,13H2,1-2H3. The van der Waals surface area contributed by atoms with Gasteiger partial charge in [-0.05, 0) is 25.8 Å². The second-order valence-electron chi connectivity index (χ2n) is 5.28. The second kappa shape index (κ2) is 5.60. The maximum Gasteiger partial charge on any atom is 0.154 e. The van der Waals surface area contributed by atoms with Crippen molar-refractivity contribution in [2.75, 3.05) is 5.75 Å². The molecule has 0 radical (unpaired) electrons. The first-order valence-corrected chi connectivity index (χ1v) is 8.33. The van der Waals surface area contributed by atoms with Crippen LogP contribution >= 0.6 is 0 Å². The van der Waals surface area contributed by atoms with Gasteiger partial charge in [0.25, 0.3) is 0 Å². The summed E-state index contributed by atoms with van der Waals surface area (Å²) in [5.41, 5.74) is 4.62. The molecular weight excluding hydrogens is 264 g/mol. The number of sulfone groups is 1. The van der Waals surface area contributed by atoms with E-state index in [1.54, 1.807) is 4.68 Å². The Morgan fingerprint density at radius 3 is 2.84 bits per heavy atom. The number of aromatic nitrogens is 2. The number of rotatable bonds is 4. The molecule has 2 unspecified atom stereocenters. The zero-order valence-corrected chi connectivity index (χ0v) is 12.3. The van der Waals surface area contributed by atoms with E-state index in [2.05, 4.69) is 10.5 Å². The summed E-state index contributed by atoms with van der Waals surface area (Å²) in [7, 11) is -1.17. The lowest BCUT2D eigenvalue weighted by atomic mass is 10.0. The number of hydrogen-bond acceptors (Lipinski definition) is 5. The first-order chi connectivity index (χ1) is 8.94. The van der Waals surface area contributed by atoms with Gasteiger partial charge in [-0.1, -0.05) is 6.42 Å².